The molecule has 3 aliphatic heterocycles. The van der Waals surface area contributed by atoms with E-state index in [1.54, 1.807) is 11.3 Å². The molecule has 5 heteroatoms. The van der Waals surface area contributed by atoms with Crippen molar-refractivity contribution >= 4 is 16.5 Å². The van der Waals surface area contributed by atoms with Crippen molar-refractivity contribution in [3.63, 3.8) is 0 Å². The average molecular weight is 306 g/mol. The first-order chi connectivity index (χ1) is 10.3. The second-order valence-corrected chi connectivity index (χ2v) is 7.94. The first-order valence-electron chi connectivity index (χ1n) is 8.38. The molecule has 4 aliphatic rings. The SMILES string of the molecule is CNc1nc(CN2C[C@H]3CC[C@@H](C2)N(CC2CC2)C3)cs1. The summed E-state index contributed by atoms with van der Waals surface area (Å²) < 4.78 is 0. The Morgan fingerprint density at radius 1 is 1.24 bits per heavy atom. The molecule has 21 heavy (non-hydrogen) atoms. The number of hydrogen-bond donors (Lipinski definition) is 1. The topological polar surface area (TPSA) is 31.4 Å². The number of fused-ring (bicyclic) bond motifs is 4. The molecule has 3 saturated heterocycles. The highest BCUT2D eigenvalue weighted by molar-refractivity contribution is 7.13. The highest BCUT2D eigenvalue weighted by atomic mass is 32.1. The Labute approximate surface area is 131 Å². The Bertz CT molecular complexity index is 484. The molecule has 0 radical (unpaired) electrons. The van der Waals surface area contributed by atoms with Crippen LogP contribution in [0.2, 0.25) is 0 Å². The lowest BCUT2D eigenvalue weighted by Gasteiger charge is -2.36. The smallest absolute Gasteiger partial charge is 0.182 e. The fourth-order valence-electron chi connectivity index (χ4n) is 3.98. The van der Waals surface area contributed by atoms with Gasteiger partial charge in [0.1, 0.15) is 0 Å². The van der Waals surface area contributed by atoms with Crippen LogP contribution < -0.4 is 5.32 Å². The van der Waals surface area contributed by atoms with Crippen LogP contribution in [0.15, 0.2) is 5.38 Å². The molecule has 4 heterocycles. The van der Waals surface area contributed by atoms with Gasteiger partial charge in [0.05, 0.1) is 5.69 Å². The monoisotopic (exact) mass is 306 g/mol. The van der Waals surface area contributed by atoms with Crippen molar-refractivity contribution < 1.29 is 0 Å². The highest BCUT2D eigenvalue weighted by Gasteiger charge is 2.37. The van der Waals surface area contributed by atoms with Gasteiger partial charge in [-0.3, -0.25) is 9.80 Å². The number of hydrogen-bond acceptors (Lipinski definition) is 5. The molecule has 2 bridgehead atoms. The van der Waals surface area contributed by atoms with E-state index in [1.807, 2.05) is 7.05 Å². The lowest BCUT2D eigenvalue weighted by atomic mass is 9.95. The minimum atomic E-state index is 0.798. The normalized spacial score (nSPS) is 30.5. The fraction of sp³-hybridized carbons (Fsp3) is 0.812. The van der Waals surface area contributed by atoms with Gasteiger partial charge in [-0.25, -0.2) is 4.98 Å². The largest absolute Gasteiger partial charge is 0.365 e. The summed E-state index contributed by atoms with van der Waals surface area (Å²) in [6, 6.07) is 0.798. The van der Waals surface area contributed by atoms with Crippen LogP contribution in [0.3, 0.4) is 0 Å². The van der Waals surface area contributed by atoms with Crippen LogP contribution in [-0.2, 0) is 6.54 Å². The van der Waals surface area contributed by atoms with Gasteiger partial charge in [0, 0.05) is 51.2 Å². The maximum atomic E-state index is 4.65. The summed E-state index contributed by atoms with van der Waals surface area (Å²) in [5, 5.41) is 6.39. The number of anilines is 1. The van der Waals surface area contributed by atoms with Gasteiger partial charge < -0.3 is 5.32 Å². The Kier molecular flexibility index (Phi) is 3.90. The van der Waals surface area contributed by atoms with E-state index in [4.69, 9.17) is 0 Å². The first-order valence-corrected chi connectivity index (χ1v) is 9.26. The minimum absolute atomic E-state index is 0.798. The van der Waals surface area contributed by atoms with Crippen molar-refractivity contribution in [3.8, 4) is 0 Å². The first kappa shape index (κ1) is 14.0. The molecule has 4 fully saturated rings. The van der Waals surface area contributed by atoms with Crippen LogP contribution in [0.25, 0.3) is 0 Å². The van der Waals surface area contributed by atoms with E-state index < -0.39 is 0 Å². The Morgan fingerprint density at radius 2 is 2.14 bits per heavy atom. The van der Waals surface area contributed by atoms with Crippen molar-refractivity contribution in [1.29, 1.82) is 0 Å². The lowest BCUT2D eigenvalue weighted by Crippen LogP contribution is -2.44. The zero-order valence-corrected chi connectivity index (χ0v) is 13.7. The van der Waals surface area contributed by atoms with Gasteiger partial charge in [-0.2, -0.15) is 0 Å². The summed E-state index contributed by atoms with van der Waals surface area (Å²) in [5.41, 5.74) is 1.24. The lowest BCUT2D eigenvalue weighted by molar-refractivity contribution is 0.125. The van der Waals surface area contributed by atoms with Gasteiger partial charge in [-0.15, -0.1) is 11.3 Å². The third-order valence-corrected chi connectivity index (χ3v) is 6.15. The molecular formula is C16H26N4S. The van der Waals surface area contributed by atoms with Crippen molar-refractivity contribution in [2.45, 2.75) is 38.3 Å². The van der Waals surface area contributed by atoms with E-state index in [0.717, 1.165) is 29.6 Å². The third kappa shape index (κ3) is 3.25. The molecule has 116 valence electrons. The minimum Gasteiger partial charge on any atom is -0.365 e. The molecule has 5 rings (SSSR count). The summed E-state index contributed by atoms with van der Waals surface area (Å²) in [6.07, 6.45) is 5.79. The van der Waals surface area contributed by atoms with Crippen LogP contribution in [0.5, 0.6) is 0 Å². The molecule has 1 N–H and O–H groups in total. The van der Waals surface area contributed by atoms with Gasteiger partial charge in [-0.05, 0) is 37.5 Å². The predicted octanol–water partition coefficient (Wildman–Crippen LogP) is 2.49. The summed E-state index contributed by atoms with van der Waals surface area (Å²) >= 11 is 1.72. The van der Waals surface area contributed by atoms with E-state index in [-0.39, 0.29) is 0 Å². The summed E-state index contributed by atoms with van der Waals surface area (Å²) in [4.78, 5) is 10.1. The van der Waals surface area contributed by atoms with Crippen molar-refractivity contribution in [2.75, 3.05) is 38.5 Å². The molecule has 0 unspecified atom stereocenters. The van der Waals surface area contributed by atoms with E-state index in [9.17, 15) is 0 Å². The van der Waals surface area contributed by atoms with Crippen LogP contribution in [-0.4, -0.2) is 54.1 Å². The summed E-state index contributed by atoms with van der Waals surface area (Å²) in [5.74, 6) is 1.90. The molecule has 0 aromatic carbocycles. The van der Waals surface area contributed by atoms with Gasteiger partial charge >= 0.3 is 0 Å². The van der Waals surface area contributed by atoms with Crippen LogP contribution in [0, 0.1) is 11.8 Å². The maximum absolute atomic E-state index is 4.65. The van der Waals surface area contributed by atoms with Gasteiger partial charge in [-0.1, -0.05) is 0 Å². The number of nitrogens with zero attached hydrogens (tertiary/aromatic N) is 3. The summed E-state index contributed by atoms with van der Waals surface area (Å²) in [7, 11) is 1.95. The number of aromatic nitrogens is 1. The summed E-state index contributed by atoms with van der Waals surface area (Å²) in [6.45, 7) is 6.26. The molecular weight excluding hydrogens is 280 g/mol. The molecule has 1 aliphatic carbocycles. The standard InChI is InChI=1S/C16H26N4S/c1-17-16-18-14(11-21-16)9-19-6-13-4-5-15(10-19)20(8-13)7-12-2-3-12/h11-13,15H,2-10H2,1H3,(H,17,18)/t13-,15+/m1/s1. The quantitative estimate of drug-likeness (QED) is 0.905. The zero-order valence-electron chi connectivity index (χ0n) is 12.9. The molecule has 0 spiro atoms. The van der Waals surface area contributed by atoms with Gasteiger partial charge in [0.15, 0.2) is 5.13 Å². The second kappa shape index (κ2) is 5.86. The molecule has 1 saturated carbocycles. The molecule has 0 amide bonds. The Balaban J connectivity index is 1.40. The van der Waals surface area contributed by atoms with E-state index in [2.05, 4.69) is 25.5 Å². The van der Waals surface area contributed by atoms with Crippen LogP contribution >= 0.6 is 11.3 Å². The van der Waals surface area contributed by atoms with Crippen molar-refractivity contribution in [2.24, 2.45) is 11.8 Å². The van der Waals surface area contributed by atoms with E-state index >= 15 is 0 Å². The van der Waals surface area contributed by atoms with E-state index in [0.29, 0.717) is 0 Å². The van der Waals surface area contributed by atoms with Crippen LogP contribution in [0.4, 0.5) is 5.13 Å². The zero-order chi connectivity index (χ0) is 14.2. The Hall–Kier alpha value is -0.650. The molecule has 4 nitrogen and oxygen atoms in total. The molecule has 1 aromatic heterocycles. The molecule has 1 aromatic rings. The number of piperidine rings is 1. The highest BCUT2D eigenvalue weighted by Crippen LogP contribution is 2.35. The number of rotatable bonds is 5. The van der Waals surface area contributed by atoms with Crippen LogP contribution in [0.1, 0.15) is 31.4 Å². The maximum Gasteiger partial charge on any atom is 0.182 e. The van der Waals surface area contributed by atoms with E-state index in [1.165, 1.54) is 57.6 Å². The number of thiazole rings is 1. The van der Waals surface area contributed by atoms with Crippen molar-refractivity contribution in [1.82, 2.24) is 14.8 Å². The Morgan fingerprint density at radius 3 is 2.90 bits per heavy atom. The predicted molar refractivity (Wildman–Crippen MR) is 87.7 cm³/mol. The average Bonchev–Trinajstić information content (AvgIpc) is 3.24. The van der Waals surface area contributed by atoms with Gasteiger partial charge in [0.25, 0.3) is 0 Å². The third-order valence-electron chi connectivity index (χ3n) is 5.24. The van der Waals surface area contributed by atoms with Gasteiger partial charge in [0.2, 0.25) is 0 Å². The van der Waals surface area contributed by atoms with Crippen molar-refractivity contribution in [3.05, 3.63) is 11.1 Å². The number of nitrogens with one attached hydrogen (secondary N) is 1. The molecule has 2 atom stereocenters. The fourth-order valence-corrected chi connectivity index (χ4v) is 4.65. The second-order valence-electron chi connectivity index (χ2n) is 7.08.